The number of carbonyl (C=O) groups is 1. The van der Waals surface area contributed by atoms with E-state index in [1.54, 1.807) is 11.8 Å². The minimum Gasteiger partial charge on any atom is -0.367 e. The molecule has 0 atom stereocenters. The van der Waals surface area contributed by atoms with E-state index in [1.165, 1.54) is 0 Å². The summed E-state index contributed by atoms with van der Waals surface area (Å²) in [6, 6.07) is 12.7. The maximum absolute atomic E-state index is 12.2. The first kappa shape index (κ1) is 20.5. The minimum atomic E-state index is 0.118. The van der Waals surface area contributed by atoms with Crippen molar-refractivity contribution in [3.05, 3.63) is 42.2 Å². The van der Waals surface area contributed by atoms with Crippen molar-refractivity contribution in [3.8, 4) is 0 Å². The van der Waals surface area contributed by atoms with Gasteiger partial charge in [0.15, 0.2) is 0 Å². The van der Waals surface area contributed by atoms with Gasteiger partial charge in [0.05, 0.1) is 5.75 Å². The van der Waals surface area contributed by atoms with Crippen LogP contribution in [0.4, 0.5) is 11.6 Å². The lowest BCUT2D eigenvalue weighted by Crippen LogP contribution is -2.41. The molecule has 6 nitrogen and oxygen atoms in total. The Kier molecular flexibility index (Phi) is 7.14. The Morgan fingerprint density at radius 1 is 1.11 bits per heavy atom. The third-order valence-electron chi connectivity index (χ3n) is 4.84. The lowest BCUT2D eigenvalue weighted by molar-refractivity contribution is -0.119. The Balaban J connectivity index is 1.42. The number of aryl methyl sites for hydroxylation is 1. The average molecular weight is 400 g/mol. The molecule has 1 heterocycles. The highest BCUT2D eigenvalue weighted by Gasteiger charge is 2.23. The highest BCUT2D eigenvalue weighted by Crippen LogP contribution is 2.23. The molecule has 0 radical (unpaired) electrons. The monoisotopic (exact) mass is 399 g/mol. The van der Waals surface area contributed by atoms with E-state index < -0.39 is 0 Å². The molecule has 3 rings (SSSR count). The average Bonchev–Trinajstić information content (AvgIpc) is 2.68. The van der Waals surface area contributed by atoms with Gasteiger partial charge in [-0.05, 0) is 44.7 Å². The number of benzene rings is 1. The maximum Gasteiger partial charge on any atom is 0.230 e. The molecule has 0 bridgehead atoms. The SMILES string of the molecule is Cc1nc(NC2CCC(NC(=O)CSc3ccccc3)CC2)cc(N(C)C)n1. The van der Waals surface area contributed by atoms with E-state index >= 15 is 0 Å². The molecule has 1 saturated carbocycles. The molecule has 150 valence electrons. The Labute approximate surface area is 171 Å². The van der Waals surface area contributed by atoms with Gasteiger partial charge in [-0.1, -0.05) is 18.2 Å². The van der Waals surface area contributed by atoms with Crippen LogP contribution in [-0.2, 0) is 4.79 Å². The van der Waals surface area contributed by atoms with Gasteiger partial charge in [0.2, 0.25) is 5.91 Å². The molecule has 0 unspecified atom stereocenters. The second kappa shape index (κ2) is 9.78. The molecule has 1 aromatic heterocycles. The fourth-order valence-corrected chi connectivity index (χ4v) is 4.11. The van der Waals surface area contributed by atoms with Crippen LogP contribution in [0.25, 0.3) is 0 Å². The van der Waals surface area contributed by atoms with E-state index in [2.05, 4.69) is 20.6 Å². The zero-order valence-corrected chi connectivity index (χ0v) is 17.6. The number of nitrogens with zero attached hydrogens (tertiary/aromatic N) is 3. The number of nitrogens with one attached hydrogen (secondary N) is 2. The fraction of sp³-hybridized carbons (Fsp3) is 0.476. The van der Waals surface area contributed by atoms with Gasteiger partial charge in [0, 0.05) is 37.1 Å². The Morgan fingerprint density at radius 3 is 2.46 bits per heavy atom. The molecule has 7 heteroatoms. The standard InChI is InChI=1S/C21H29N5OS/c1-15-22-19(13-20(23-15)26(2)3)24-16-9-11-17(12-10-16)25-21(27)14-28-18-7-5-4-6-8-18/h4-8,13,16-17H,9-12,14H2,1-3H3,(H,25,27)(H,22,23,24). The second-order valence-corrected chi connectivity index (χ2v) is 8.46. The van der Waals surface area contributed by atoms with E-state index in [1.807, 2.05) is 62.3 Å². The third kappa shape index (κ3) is 6.12. The molecule has 1 fully saturated rings. The van der Waals surface area contributed by atoms with E-state index in [4.69, 9.17) is 0 Å². The van der Waals surface area contributed by atoms with Gasteiger partial charge in [-0.15, -0.1) is 11.8 Å². The van der Waals surface area contributed by atoms with Crippen molar-refractivity contribution in [3.63, 3.8) is 0 Å². The van der Waals surface area contributed by atoms with Crippen LogP contribution in [0.1, 0.15) is 31.5 Å². The smallest absolute Gasteiger partial charge is 0.230 e. The summed E-state index contributed by atoms with van der Waals surface area (Å²) < 4.78 is 0. The highest BCUT2D eigenvalue weighted by molar-refractivity contribution is 8.00. The highest BCUT2D eigenvalue weighted by atomic mass is 32.2. The van der Waals surface area contributed by atoms with Gasteiger partial charge in [-0.3, -0.25) is 4.79 Å². The maximum atomic E-state index is 12.2. The molecule has 1 aromatic carbocycles. The van der Waals surface area contributed by atoms with E-state index in [9.17, 15) is 4.79 Å². The molecule has 2 N–H and O–H groups in total. The largest absolute Gasteiger partial charge is 0.367 e. The van der Waals surface area contributed by atoms with Gasteiger partial charge in [0.25, 0.3) is 0 Å². The summed E-state index contributed by atoms with van der Waals surface area (Å²) in [5, 5.41) is 6.73. The summed E-state index contributed by atoms with van der Waals surface area (Å²) in [7, 11) is 3.96. The summed E-state index contributed by atoms with van der Waals surface area (Å²) in [5.41, 5.74) is 0. The quantitative estimate of drug-likeness (QED) is 0.695. The van der Waals surface area contributed by atoms with Gasteiger partial charge in [0.1, 0.15) is 17.5 Å². The molecule has 2 aromatic rings. The Hall–Kier alpha value is -2.28. The normalized spacial score (nSPS) is 19.1. The summed E-state index contributed by atoms with van der Waals surface area (Å²) in [6.07, 6.45) is 4.03. The van der Waals surface area contributed by atoms with Crippen LogP contribution >= 0.6 is 11.8 Å². The molecule has 0 saturated heterocycles. The predicted molar refractivity (Wildman–Crippen MR) is 116 cm³/mol. The van der Waals surface area contributed by atoms with Gasteiger partial charge < -0.3 is 15.5 Å². The first-order chi connectivity index (χ1) is 13.5. The van der Waals surface area contributed by atoms with Crippen LogP contribution in [-0.4, -0.2) is 47.8 Å². The second-order valence-electron chi connectivity index (χ2n) is 7.42. The molecule has 0 aliphatic heterocycles. The predicted octanol–water partition coefficient (Wildman–Crippen LogP) is 3.48. The van der Waals surface area contributed by atoms with E-state index in [0.717, 1.165) is 48.0 Å². The molecule has 0 spiro atoms. The van der Waals surface area contributed by atoms with Crippen LogP contribution in [0.3, 0.4) is 0 Å². The van der Waals surface area contributed by atoms with Crippen LogP contribution in [0.5, 0.6) is 0 Å². The summed E-state index contributed by atoms with van der Waals surface area (Å²) in [5.74, 6) is 3.14. The van der Waals surface area contributed by atoms with Crippen LogP contribution in [0.2, 0.25) is 0 Å². The number of hydrogen-bond donors (Lipinski definition) is 2. The number of anilines is 2. The van der Waals surface area contributed by atoms with Crippen molar-refractivity contribution in [1.82, 2.24) is 15.3 Å². The number of thioether (sulfide) groups is 1. The van der Waals surface area contributed by atoms with Crippen LogP contribution < -0.4 is 15.5 Å². The van der Waals surface area contributed by atoms with Crippen molar-refractivity contribution < 1.29 is 4.79 Å². The number of amides is 1. The Morgan fingerprint density at radius 2 is 1.79 bits per heavy atom. The molecular formula is C21H29N5OS. The summed E-state index contributed by atoms with van der Waals surface area (Å²) in [4.78, 5) is 24.3. The third-order valence-corrected chi connectivity index (χ3v) is 5.85. The molecule has 28 heavy (non-hydrogen) atoms. The topological polar surface area (TPSA) is 70.2 Å². The minimum absolute atomic E-state index is 0.118. The molecular weight excluding hydrogens is 370 g/mol. The molecule has 1 aliphatic carbocycles. The lowest BCUT2D eigenvalue weighted by atomic mass is 9.91. The number of aromatic nitrogens is 2. The van der Waals surface area contributed by atoms with Crippen LogP contribution in [0.15, 0.2) is 41.3 Å². The fourth-order valence-electron chi connectivity index (χ4n) is 3.38. The van der Waals surface area contributed by atoms with Crippen molar-refractivity contribution in [2.45, 2.75) is 49.6 Å². The first-order valence-corrected chi connectivity index (χ1v) is 10.7. The zero-order valence-electron chi connectivity index (χ0n) is 16.8. The molecule has 1 aliphatic rings. The van der Waals surface area contributed by atoms with E-state index in [0.29, 0.717) is 11.8 Å². The van der Waals surface area contributed by atoms with Crippen molar-refractivity contribution >= 4 is 29.3 Å². The molecule has 1 amide bonds. The van der Waals surface area contributed by atoms with Gasteiger partial charge in [-0.25, -0.2) is 9.97 Å². The Bertz CT molecular complexity index is 776. The summed E-state index contributed by atoms with van der Waals surface area (Å²) >= 11 is 1.58. The number of hydrogen-bond acceptors (Lipinski definition) is 6. The zero-order chi connectivity index (χ0) is 19.9. The van der Waals surface area contributed by atoms with Crippen molar-refractivity contribution in [2.75, 3.05) is 30.1 Å². The van der Waals surface area contributed by atoms with Gasteiger partial charge in [-0.2, -0.15) is 0 Å². The van der Waals surface area contributed by atoms with E-state index in [-0.39, 0.29) is 11.9 Å². The van der Waals surface area contributed by atoms with Crippen LogP contribution in [0, 0.1) is 6.92 Å². The van der Waals surface area contributed by atoms with Crippen molar-refractivity contribution in [2.24, 2.45) is 0 Å². The lowest BCUT2D eigenvalue weighted by Gasteiger charge is -2.30. The van der Waals surface area contributed by atoms with Gasteiger partial charge >= 0.3 is 0 Å². The number of rotatable bonds is 7. The number of carbonyl (C=O) groups excluding carboxylic acids is 1. The summed E-state index contributed by atoms with van der Waals surface area (Å²) in [6.45, 7) is 1.91. The van der Waals surface area contributed by atoms with Crippen molar-refractivity contribution in [1.29, 1.82) is 0 Å². The first-order valence-electron chi connectivity index (χ1n) is 9.76.